The van der Waals surface area contributed by atoms with Crippen LogP contribution < -0.4 is 5.32 Å². The second-order valence-electron chi connectivity index (χ2n) is 6.20. The van der Waals surface area contributed by atoms with E-state index in [-0.39, 0.29) is 12.5 Å². The number of nitrogens with one attached hydrogen (secondary N) is 1. The van der Waals surface area contributed by atoms with E-state index in [0.29, 0.717) is 17.1 Å². The molecule has 3 aromatic rings. The molecule has 0 unspecified atom stereocenters. The van der Waals surface area contributed by atoms with E-state index >= 15 is 0 Å². The van der Waals surface area contributed by atoms with Crippen LogP contribution in [-0.2, 0) is 4.74 Å². The molecular formula is C19H18N2O4S. The van der Waals surface area contributed by atoms with Crippen molar-refractivity contribution in [1.82, 2.24) is 4.98 Å². The summed E-state index contributed by atoms with van der Waals surface area (Å²) in [7, 11) is 0. The minimum Gasteiger partial charge on any atom is -0.394 e. The number of thiazole rings is 1. The molecule has 7 heteroatoms. The Morgan fingerprint density at radius 3 is 2.88 bits per heavy atom. The highest BCUT2D eigenvalue weighted by Crippen LogP contribution is 2.34. The van der Waals surface area contributed by atoms with Crippen molar-refractivity contribution in [1.29, 1.82) is 0 Å². The van der Waals surface area contributed by atoms with Gasteiger partial charge in [-0.25, -0.2) is 4.98 Å². The number of rotatable bonds is 4. The molecule has 1 aliphatic heterocycles. The zero-order valence-electron chi connectivity index (χ0n) is 13.8. The number of hydrogen-bond donors (Lipinski definition) is 3. The summed E-state index contributed by atoms with van der Waals surface area (Å²) in [4.78, 5) is 16.9. The molecule has 1 aromatic heterocycles. The molecule has 134 valence electrons. The largest absolute Gasteiger partial charge is 0.394 e. The van der Waals surface area contributed by atoms with Crippen molar-refractivity contribution in [3.8, 4) is 0 Å². The highest BCUT2D eigenvalue weighted by atomic mass is 32.1. The molecule has 2 heterocycles. The molecule has 4 rings (SSSR count). The van der Waals surface area contributed by atoms with Gasteiger partial charge in [0, 0.05) is 22.9 Å². The van der Waals surface area contributed by atoms with Crippen molar-refractivity contribution in [2.75, 3.05) is 11.9 Å². The van der Waals surface area contributed by atoms with E-state index in [2.05, 4.69) is 10.3 Å². The Kier molecular flexibility index (Phi) is 4.69. The third kappa shape index (κ3) is 3.22. The lowest BCUT2D eigenvalue weighted by Crippen LogP contribution is -2.24. The number of benzene rings is 2. The number of carbonyl (C=O) groups is 1. The van der Waals surface area contributed by atoms with Gasteiger partial charge in [0.05, 0.1) is 12.7 Å². The third-order valence-electron chi connectivity index (χ3n) is 4.47. The van der Waals surface area contributed by atoms with Gasteiger partial charge in [-0.15, -0.1) is 11.3 Å². The van der Waals surface area contributed by atoms with Crippen LogP contribution in [0, 0.1) is 0 Å². The van der Waals surface area contributed by atoms with Crippen molar-refractivity contribution < 1.29 is 19.7 Å². The zero-order chi connectivity index (χ0) is 18.1. The van der Waals surface area contributed by atoms with Gasteiger partial charge >= 0.3 is 0 Å². The maximum atomic E-state index is 12.6. The monoisotopic (exact) mass is 370 g/mol. The fraction of sp³-hybridized carbons (Fsp3) is 0.263. The fourth-order valence-electron chi connectivity index (χ4n) is 3.11. The van der Waals surface area contributed by atoms with Crippen LogP contribution in [0.25, 0.3) is 10.8 Å². The van der Waals surface area contributed by atoms with Crippen molar-refractivity contribution in [3.05, 3.63) is 58.5 Å². The predicted molar refractivity (Wildman–Crippen MR) is 99.3 cm³/mol. The maximum Gasteiger partial charge on any atom is 0.275 e. The number of hydrogen-bond acceptors (Lipinski definition) is 6. The SMILES string of the molecule is O=C(Nc1cccc2ccccc12)c1csc([C@@H]2C[C@H](O)[C@@H](CO)O2)n1. The van der Waals surface area contributed by atoms with E-state index in [0.717, 1.165) is 16.5 Å². The summed E-state index contributed by atoms with van der Waals surface area (Å²) in [6.45, 7) is -0.239. The van der Waals surface area contributed by atoms with Gasteiger partial charge in [0.25, 0.3) is 5.91 Å². The number of amides is 1. The number of nitrogens with zero attached hydrogens (tertiary/aromatic N) is 1. The van der Waals surface area contributed by atoms with Gasteiger partial charge in [0.15, 0.2) is 0 Å². The van der Waals surface area contributed by atoms with Gasteiger partial charge in [0.2, 0.25) is 0 Å². The lowest BCUT2D eigenvalue weighted by molar-refractivity contribution is -0.0226. The van der Waals surface area contributed by atoms with E-state index < -0.39 is 18.3 Å². The summed E-state index contributed by atoms with van der Waals surface area (Å²) in [5, 5.41) is 26.3. The zero-order valence-corrected chi connectivity index (χ0v) is 14.6. The summed E-state index contributed by atoms with van der Waals surface area (Å²) in [5.74, 6) is -0.291. The van der Waals surface area contributed by atoms with Crippen molar-refractivity contribution in [3.63, 3.8) is 0 Å². The average molecular weight is 370 g/mol. The molecular weight excluding hydrogens is 352 g/mol. The number of carbonyl (C=O) groups excluding carboxylic acids is 1. The quantitative estimate of drug-likeness (QED) is 0.657. The first-order valence-electron chi connectivity index (χ1n) is 8.34. The average Bonchev–Trinajstić information content (AvgIpc) is 3.28. The van der Waals surface area contributed by atoms with Crippen molar-refractivity contribution >= 4 is 33.7 Å². The molecule has 0 spiro atoms. The van der Waals surface area contributed by atoms with Crippen LogP contribution in [0.1, 0.15) is 28.0 Å². The highest BCUT2D eigenvalue weighted by Gasteiger charge is 2.36. The molecule has 6 nitrogen and oxygen atoms in total. The summed E-state index contributed by atoms with van der Waals surface area (Å²) in [6, 6.07) is 13.6. The fourth-order valence-corrected chi connectivity index (χ4v) is 3.96. The third-order valence-corrected chi connectivity index (χ3v) is 5.41. The lowest BCUT2D eigenvalue weighted by atomic mass is 10.1. The molecule has 1 amide bonds. The molecule has 2 aromatic carbocycles. The van der Waals surface area contributed by atoms with E-state index in [1.807, 2.05) is 42.5 Å². The number of aliphatic hydroxyl groups excluding tert-OH is 2. The second-order valence-corrected chi connectivity index (χ2v) is 7.09. The van der Waals surface area contributed by atoms with Crippen LogP contribution in [-0.4, -0.2) is 39.9 Å². The molecule has 0 aliphatic carbocycles. The number of aliphatic hydroxyl groups is 2. The molecule has 1 aliphatic rings. The van der Waals surface area contributed by atoms with Crippen molar-refractivity contribution in [2.45, 2.75) is 24.7 Å². The van der Waals surface area contributed by atoms with Gasteiger partial charge in [-0.1, -0.05) is 36.4 Å². The Balaban J connectivity index is 1.52. The molecule has 3 N–H and O–H groups in total. The summed E-state index contributed by atoms with van der Waals surface area (Å²) in [6.07, 6.45) is -1.35. The second kappa shape index (κ2) is 7.13. The highest BCUT2D eigenvalue weighted by molar-refractivity contribution is 7.09. The molecule has 0 saturated carbocycles. The molecule has 3 atom stereocenters. The Morgan fingerprint density at radius 2 is 2.08 bits per heavy atom. The summed E-state index contributed by atoms with van der Waals surface area (Å²) in [5.41, 5.74) is 1.04. The topological polar surface area (TPSA) is 91.7 Å². The minimum absolute atomic E-state index is 0.239. The first kappa shape index (κ1) is 17.1. The molecule has 0 bridgehead atoms. The predicted octanol–water partition coefficient (Wildman–Crippen LogP) is 2.73. The number of anilines is 1. The van der Waals surface area contributed by atoms with Crippen LogP contribution in [0.15, 0.2) is 47.8 Å². The first-order chi connectivity index (χ1) is 12.7. The number of ether oxygens (including phenoxy) is 1. The van der Waals surface area contributed by atoms with Gasteiger partial charge < -0.3 is 20.3 Å². The maximum absolute atomic E-state index is 12.6. The van der Waals surface area contributed by atoms with E-state index in [1.165, 1.54) is 11.3 Å². The van der Waals surface area contributed by atoms with Crippen LogP contribution in [0.3, 0.4) is 0 Å². The summed E-state index contributed by atoms with van der Waals surface area (Å²) >= 11 is 1.31. The number of aromatic nitrogens is 1. The molecule has 1 saturated heterocycles. The van der Waals surface area contributed by atoms with E-state index in [1.54, 1.807) is 5.38 Å². The Hall–Kier alpha value is -2.32. The van der Waals surface area contributed by atoms with Crippen LogP contribution in [0.5, 0.6) is 0 Å². The smallest absolute Gasteiger partial charge is 0.275 e. The van der Waals surface area contributed by atoms with E-state index in [9.17, 15) is 15.0 Å². The normalized spacial score (nSPS) is 22.6. The van der Waals surface area contributed by atoms with Gasteiger partial charge in [-0.05, 0) is 11.5 Å². The minimum atomic E-state index is -0.721. The molecule has 1 fully saturated rings. The lowest BCUT2D eigenvalue weighted by Gasteiger charge is -2.10. The number of fused-ring (bicyclic) bond motifs is 1. The Morgan fingerprint density at radius 1 is 1.27 bits per heavy atom. The Bertz CT molecular complexity index is 937. The van der Waals surface area contributed by atoms with Crippen LogP contribution in [0.2, 0.25) is 0 Å². The molecule has 26 heavy (non-hydrogen) atoms. The summed E-state index contributed by atoms with van der Waals surface area (Å²) < 4.78 is 5.59. The van der Waals surface area contributed by atoms with Gasteiger partial charge in [-0.3, -0.25) is 4.79 Å². The standard InChI is InChI=1S/C19H18N2O4S/c22-9-17-15(23)8-16(25-17)19-21-14(10-26-19)18(24)20-13-7-3-5-11-4-1-2-6-12(11)13/h1-7,10,15-17,22-23H,8-9H2,(H,20,24)/t15-,16-,17+/m0/s1. The first-order valence-corrected chi connectivity index (χ1v) is 9.22. The molecule has 0 radical (unpaired) electrons. The van der Waals surface area contributed by atoms with Crippen LogP contribution in [0.4, 0.5) is 5.69 Å². The van der Waals surface area contributed by atoms with E-state index in [4.69, 9.17) is 4.74 Å². The Labute approximate surface area is 154 Å². The van der Waals surface area contributed by atoms with Crippen LogP contribution >= 0.6 is 11.3 Å². The van der Waals surface area contributed by atoms with Gasteiger partial charge in [-0.2, -0.15) is 0 Å². The van der Waals surface area contributed by atoms with Crippen molar-refractivity contribution in [2.24, 2.45) is 0 Å². The van der Waals surface area contributed by atoms with Gasteiger partial charge in [0.1, 0.15) is 22.9 Å².